The Morgan fingerprint density at radius 3 is 1.68 bits per heavy atom. The molecule has 0 aromatic heterocycles. The van der Waals surface area contributed by atoms with Crippen molar-refractivity contribution in [1.29, 1.82) is 0 Å². The second-order valence-corrected chi connectivity index (χ2v) is 6.12. The summed E-state index contributed by atoms with van der Waals surface area (Å²) in [6.45, 7) is 10.6. The molecule has 1 unspecified atom stereocenters. The highest BCUT2D eigenvalue weighted by molar-refractivity contribution is 5.68. The molecule has 0 aliphatic rings. The van der Waals surface area contributed by atoms with Crippen LogP contribution in [-0.4, -0.2) is 13.1 Å². The molecule has 1 atom stereocenters. The number of nitrogens with one attached hydrogen (secondary N) is 2. The van der Waals surface area contributed by atoms with Crippen LogP contribution in [0.5, 0.6) is 0 Å². The van der Waals surface area contributed by atoms with Gasteiger partial charge in [-0.05, 0) is 48.2 Å². The number of anilines is 2. The Hall–Kier alpha value is -2.22. The van der Waals surface area contributed by atoms with Gasteiger partial charge < -0.3 is 10.6 Å². The van der Waals surface area contributed by atoms with Crippen LogP contribution < -0.4 is 10.6 Å². The van der Waals surface area contributed by atoms with E-state index in [1.54, 1.807) is 0 Å². The van der Waals surface area contributed by atoms with Crippen LogP contribution in [0.2, 0.25) is 0 Å². The maximum Gasteiger partial charge on any atom is 0.0491 e. The summed E-state index contributed by atoms with van der Waals surface area (Å²) >= 11 is 0. The number of hydrogen-bond acceptors (Lipinski definition) is 2. The van der Waals surface area contributed by atoms with Gasteiger partial charge in [-0.15, -0.1) is 0 Å². The van der Waals surface area contributed by atoms with Gasteiger partial charge in [0.05, 0.1) is 0 Å². The molecule has 2 heteroatoms. The average molecular weight is 294 g/mol. The first-order valence-electron chi connectivity index (χ1n) is 7.81. The van der Waals surface area contributed by atoms with E-state index in [0.717, 1.165) is 11.4 Å². The van der Waals surface area contributed by atoms with Gasteiger partial charge in [-0.3, -0.25) is 0 Å². The van der Waals surface area contributed by atoms with Gasteiger partial charge in [0, 0.05) is 24.5 Å². The molecule has 22 heavy (non-hydrogen) atoms. The van der Waals surface area contributed by atoms with Crippen LogP contribution in [0.3, 0.4) is 0 Å². The SMILES string of the molecule is C=C(C)C(Nc1ccc(-c2ccc(NC)cc2)cc1)C(C)C. The minimum absolute atomic E-state index is 0.306. The van der Waals surface area contributed by atoms with Crippen LogP contribution in [0, 0.1) is 5.92 Å². The molecule has 0 amide bonds. The summed E-state index contributed by atoms with van der Waals surface area (Å²) in [5, 5.41) is 6.70. The van der Waals surface area contributed by atoms with Crippen molar-refractivity contribution in [3.05, 3.63) is 60.7 Å². The van der Waals surface area contributed by atoms with Gasteiger partial charge in [-0.1, -0.05) is 50.3 Å². The summed E-state index contributed by atoms with van der Waals surface area (Å²) in [6, 6.07) is 17.4. The summed E-state index contributed by atoms with van der Waals surface area (Å²) < 4.78 is 0. The summed E-state index contributed by atoms with van der Waals surface area (Å²) in [5.74, 6) is 0.520. The minimum Gasteiger partial charge on any atom is -0.388 e. The molecule has 2 rings (SSSR count). The summed E-state index contributed by atoms with van der Waals surface area (Å²) in [4.78, 5) is 0. The standard InChI is InChI=1S/C20H26N2/c1-14(2)20(15(3)4)22-19-12-8-17(9-13-19)16-6-10-18(21-5)11-7-16/h6-13,15,20-22H,1H2,2-5H3. The summed E-state index contributed by atoms with van der Waals surface area (Å²) in [7, 11) is 1.93. The van der Waals surface area contributed by atoms with Gasteiger partial charge >= 0.3 is 0 Å². The van der Waals surface area contributed by atoms with Crippen LogP contribution >= 0.6 is 0 Å². The molecule has 2 nitrogen and oxygen atoms in total. The van der Waals surface area contributed by atoms with Crippen molar-refractivity contribution in [3.8, 4) is 11.1 Å². The van der Waals surface area contributed by atoms with E-state index in [1.807, 2.05) is 7.05 Å². The lowest BCUT2D eigenvalue weighted by molar-refractivity contribution is 0.580. The number of hydrogen-bond donors (Lipinski definition) is 2. The largest absolute Gasteiger partial charge is 0.388 e. The second-order valence-electron chi connectivity index (χ2n) is 6.12. The molecule has 0 spiro atoms. The van der Waals surface area contributed by atoms with Crippen molar-refractivity contribution in [2.45, 2.75) is 26.8 Å². The van der Waals surface area contributed by atoms with Crippen LogP contribution in [0.15, 0.2) is 60.7 Å². The molecule has 0 radical (unpaired) electrons. The molecule has 2 aromatic rings. The molecular weight excluding hydrogens is 268 g/mol. The molecule has 0 aliphatic heterocycles. The highest BCUT2D eigenvalue weighted by Gasteiger charge is 2.13. The smallest absolute Gasteiger partial charge is 0.0491 e. The van der Waals surface area contributed by atoms with Crippen molar-refractivity contribution in [2.24, 2.45) is 5.92 Å². The lowest BCUT2D eigenvalue weighted by atomic mass is 9.97. The Balaban J connectivity index is 2.14. The highest BCUT2D eigenvalue weighted by Crippen LogP contribution is 2.24. The third-order valence-corrected chi connectivity index (χ3v) is 3.91. The first-order valence-corrected chi connectivity index (χ1v) is 7.81. The van der Waals surface area contributed by atoms with E-state index >= 15 is 0 Å². The van der Waals surface area contributed by atoms with Crippen molar-refractivity contribution >= 4 is 11.4 Å². The fraction of sp³-hybridized carbons (Fsp3) is 0.300. The Morgan fingerprint density at radius 1 is 0.864 bits per heavy atom. The fourth-order valence-electron chi connectivity index (χ4n) is 2.63. The van der Waals surface area contributed by atoms with Gasteiger partial charge in [-0.25, -0.2) is 0 Å². The Kier molecular flexibility index (Phi) is 5.26. The first-order chi connectivity index (χ1) is 10.5. The summed E-state index contributed by atoms with van der Waals surface area (Å²) in [6.07, 6.45) is 0. The maximum absolute atomic E-state index is 4.09. The molecule has 0 heterocycles. The number of benzene rings is 2. The Morgan fingerprint density at radius 2 is 1.32 bits per heavy atom. The molecule has 0 bridgehead atoms. The fourth-order valence-corrected chi connectivity index (χ4v) is 2.63. The van der Waals surface area contributed by atoms with E-state index in [2.05, 4.69) is 86.5 Å². The van der Waals surface area contributed by atoms with Gasteiger partial charge in [0.2, 0.25) is 0 Å². The average Bonchev–Trinajstić information content (AvgIpc) is 2.52. The summed E-state index contributed by atoms with van der Waals surface area (Å²) in [5.41, 5.74) is 5.89. The lowest BCUT2D eigenvalue weighted by Gasteiger charge is -2.24. The third kappa shape index (κ3) is 3.91. The maximum atomic E-state index is 4.09. The molecular formula is C20H26N2. The first kappa shape index (κ1) is 16.2. The van der Waals surface area contributed by atoms with Crippen molar-refractivity contribution in [2.75, 3.05) is 17.7 Å². The van der Waals surface area contributed by atoms with Crippen molar-refractivity contribution in [1.82, 2.24) is 0 Å². The predicted molar refractivity (Wildman–Crippen MR) is 98.5 cm³/mol. The predicted octanol–water partition coefficient (Wildman–Crippen LogP) is 5.41. The van der Waals surface area contributed by atoms with E-state index in [9.17, 15) is 0 Å². The monoisotopic (exact) mass is 294 g/mol. The quantitative estimate of drug-likeness (QED) is 0.696. The van der Waals surface area contributed by atoms with E-state index in [-0.39, 0.29) is 0 Å². The van der Waals surface area contributed by atoms with Crippen LogP contribution in [-0.2, 0) is 0 Å². The van der Waals surface area contributed by atoms with E-state index < -0.39 is 0 Å². The normalized spacial score (nSPS) is 12.0. The van der Waals surface area contributed by atoms with Crippen LogP contribution in [0.25, 0.3) is 11.1 Å². The van der Waals surface area contributed by atoms with Crippen molar-refractivity contribution in [3.63, 3.8) is 0 Å². The Bertz CT molecular complexity index is 609. The van der Waals surface area contributed by atoms with Crippen molar-refractivity contribution < 1.29 is 0 Å². The van der Waals surface area contributed by atoms with Crippen LogP contribution in [0.4, 0.5) is 11.4 Å². The van der Waals surface area contributed by atoms with Gasteiger partial charge in [0.1, 0.15) is 0 Å². The zero-order chi connectivity index (χ0) is 16.1. The lowest BCUT2D eigenvalue weighted by Crippen LogP contribution is -2.26. The van der Waals surface area contributed by atoms with E-state index in [0.29, 0.717) is 12.0 Å². The van der Waals surface area contributed by atoms with Gasteiger partial charge in [-0.2, -0.15) is 0 Å². The Labute approximate surface area is 134 Å². The van der Waals surface area contributed by atoms with Gasteiger partial charge in [0.15, 0.2) is 0 Å². The third-order valence-electron chi connectivity index (χ3n) is 3.91. The zero-order valence-corrected chi connectivity index (χ0v) is 14.0. The zero-order valence-electron chi connectivity index (χ0n) is 14.0. The van der Waals surface area contributed by atoms with E-state index in [4.69, 9.17) is 0 Å². The topological polar surface area (TPSA) is 24.1 Å². The van der Waals surface area contributed by atoms with Gasteiger partial charge in [0.25, 0.3) is 0 Å². The highest BCUT2D eigenvalue weighted by atomic mass is 14.9. The van der Waals surface area contributed by atoms with Crippen LogP contribution in [0.1, 0.15) is 20.8 Å². The minimum atomic E-state index is 0.306. The molecule has 2 aromatic carbocycles. The molecule has 0 aliphatic carbocycles. The molecule has 0 saturated heterocycles. The molecule has 0 saturated carbocycles. The molecule has 2 N–H and O–H groups in total. The van der Waals surface area contributed by atoms with E-state index in [1.165, 1.54) is 16.7 Å². The second kappa shape index (κ2) is 7.17. The molecule has 116 valence electrons. The molecule has 0 fully saturated rings. The number of rotatable bonds is 6.